The number of carbonyl (C=O) groups excluding carboxylic acids is 1. The van der Waals surface area contributed by atoms with Gasteiger partial charge in [0.25, 0.3) is 5.56 Å². The number of carbonyl (C=O) groups is 1. The van der Waals surface area contributed by atoms with Gasteiger partial charge in [0.15, 0.2) is 0 Å². The molecule has 4 aromatic rings. The number of aromatic nitrogens is 4. The molecule has 0 fully saturated rings. The maximum atomic E-state index is 13.0. The van der Waals surface area contributed by atoms with Gasteiger partial charge in [0.2, 0.25) is 5.78 Å². The lowest BCUT2D eigenvalue weighted by Gasteiger charge is -2.05. The van der Waals surface area contributed by atoms with E-state index in [2.05, 4.69) is 5.10 Å². The summed E-state index contributed by atoms with van der Waals surface area (Å²) < 4.78 is 4.41. The van der Waals surface area contributed by atoms with E-state index in [1.165, 1.54) is 4.68 Å². The van der Waals surface area contributed by atoms with Gasteiger partial charge in [-0.05, 0) is 44.2 Å². The molecule has 0 aliphatic rings. The number of rotatable bonds is 3. The van der Waals surface area contributed by atoms with Crippen LogP contribution < -0.4 is 11.2 Å². The SMILES string of the molecule is Cc1ccc(-n2c(=O)n(C)c3ccc(C(=O)c4c(C)[nH]n(C)c4=O)cc32)cc1. The van der Waals surface area contributed by atoms with E-state index >= 15 is 0 Å². The summed E-state index contributed by atoms with van der Waals surface area (Å²) in [6.07, 6.45) is 0. The van der Waals surface area contributed by atoms with E-state index in [-0.39, 0.29) is 22.6 Å². The van der Waals surface area contributed by atoms with E-state index < -0.39 is 0 Å². The molecule has 0 saturated heterocycles. The monoisotopic (exact) mass is 376 g/mol. The van der Waals surface area contributed by atoms with Crippen LogP contribution in [0.4, 0.5) is 0 Å². The van der Waals surface area contributed by atoms with Gasteiger partial charge in [-0.2, -0.15) is 0 Å². The second-order valence-corrected chi connectivity index (χ2v) is 7.02. The lowest BCUT2D eigenvalue weighted by molar-refractivity contribution is 0.103. The molecule has 0 unspecified atom stereocenters. The summed E-state index contributed by atoms with van der Waals surface area (Å²) >= 11 is 0. The lowest BCUT2D eigenvalue weighted by Crippen LogP contribution is -2.20. The Hall–Kier alpha value is -3.61. The Bertz CT molecular complexity index is 1350. The van der Waals surface area contributed by atoms with Crippen LogP contribution in [0.25, 0.3) is 16.7 Å². The lowest BCUT2D eigenvalue weighted by atomic mass is 10.0. The minimum atomic E-state index is -0.369. The van der Waals surface area contributed by atoms with Crippen LogP contribution in [0.15, 0.2) is 52.1 Å². The van der Waals surface area contributed by atoms with Crippen LogP contribution in [-0.2, 0) is 14.1 Å². The van der Waals surface area contributed by atoms with Crippen LogP contribution in [0.3, 0.4) is 0 Å². The van der Waals surface area contributed by atoms with Gasteiger partial charge in [0, 0.05) is 25.4 Å². The van der Waals surface area contributed by atoms with E-state index in [0.29, 0.717) is 22.3 Å². The molecule has 0 saturated carbocycles. The third-order valence-corrected chi connectivity index (χ3v) is 5.07. The number of ketones is 1. The summed E-state index contributed by atoms with van der Waals surface area (Å²) in [5.74, 6) is -0.368. The molecule has 7 heteroatoms. The van der Waals surface area contributed by atoms with Crippen molar-refractivity contribution in [2.24, 2.45) is 14.1 Å². The maximum Gasteiger partial charge on any atom is 0.333 e. The first-order valence-corrected chi connectivity index (χ1v) is 8.88. The highest BCUT2D eigenvalue weighted by atomic mass is 16.2. The molecular weight excluding hydrogens is 356 g/mol. The number of imidazole rings is 1. The van der Waals surface area contributed by atoms with Crippen molar-refractivity contribution in [3.8, 4) is 5.69 Å². The Morgan fingerprint density at radius 3 is 2.21 bits per heavy atom. The van der Waals surface area contributed by atoms with Crippen molar-refractivity contribution in [1.82, 2.24) is 18.9 Å². The molecule has 7 nitrogen and oxygen atoms in total. The molecule has 0 aliphatic carbocycles. The number of benzene rings is 2. The van der Waals surface area contributed by atoms with Crippen molar-refractivity contribution in [2.75, 3.05) is 0 Å². The van der Waals surface area contributed by atoms with Gasteiger partial charge in [-0.25, -0.2) is 4.79 Å². The summed E-state index contributed by atoms with van der Waals surface area (Å²) in [5, 5.41) is 2.84. The summed E-state index contributed by atoms with van der Waals surface area (Å²) in [6.45, 7) is 3.67. The van der Waals surface area contributed by atoms with Crippen LogP contribution in [0.1, 0.15) is 27.2 Å². The number of fused-ring (bicyclic) bond motifs is 1. The molecule has 142 valence electrons. The standard InChI is InChI=1S/C21H20N4O3/c1-12-5-8-15(9-6-12)25-17-11-14(7-10-16(17)23(3)21(25)28)19(26)18-13(2)22-24(4)20(18)27/h5-11,22H,1-4H3. The Morgan fingerprint density at radius 2 is 1.61 bits per heavy atom. The fourth-order valence-corrected chi connectivity index (χ4v) is 3.52. The van der Waals surface area contributed by atoms with Crippen LogP contribution in [-0.4, -0.2) is 24.7 Å². The van der Waals surface area contributed by atoms with E-state index in [0.717, 1.165) is 11.3 Å². The Balaban J connectivity index is 1.95. The number of nitrogens with zero attached hydrogens (tertiary/aromatic N) is 3. The van der Waals surface area contributed by atoms with Crippen molar-refractivity contribution in [2.45, 2.75) is 13.8 Å². The summed E-state index contributed by atoms with van der Waals surface area (Å²) in [5.41, 5.74) is 3.56. The number of aromatic amines is 1. The molecule has 4 rings (SSSR count). The largest absolute Gasteiger partial charge is 0.333 e. The molecule has 2 aromatic heterocycles. The van der Waals surface area contributed by atoms with Gasteiger partial charge in [-0.15, -0.1) is 0 Å². The average molecular weight is 376 g/mol. The van der Waals surface area contributed by atoms with Crippen molar-refractivity contribution in [3.05, 3.63) is 85.7 Å². The minimum absolute atomic E-state index is 0.113. The quantitative estimate of drug-likeness (QED) is 0.557. The smallest absolute Gasteiger partial charge is 0.299 e. The molecule has 0 amide bonds. The molecule has 2 aromatic carbocycles. The van der Waals surface area contributed by atoms with Gasteiger partial charge in [-0.3, -0.25) is 28.5 Å². The summed E-state index contributed by atoms with van der Waals surface area (Å²) in [7, 11) is 3.27. The predicted molar refractivity (Wildman–Crippen MR) is 107 cm³/mol. The first-order valence-electron chi connectivity index (χ1n) is 8.88. The van der Waals surface area contributed by atoms with Crippen LogP contribution in [0, 0.1) is 13.8 Å². The van der Waals surface area contributed by atoms with Crippen LogP contribution in [0.2, 0.25) is 0 Å². The number of nitrogens with one attached hydrogen (secondary N) is 1. The van der Waals surface area contributed by atoms with Gasteiger partial charge in [-0.1, -0.05) is 17.7 Å². The normalized spacial score (nSPS) is 11.3. The van der Waals surface area contributed by atoms with Crippen LogP contribution >= 0.6 is 0 Å². The highest BCUT2D eigenvalue weighted by Gasteiger charge is 2.21. The van der Waals surface area contributed by atoms with E-state index in [1.54, 1.807) is 48.4 Å². The third kappa shape index (κ3) is 2.55. The zero-order valence-corrected chi connectivity index (χ0v) is 16.1. The average Bonchev–Trinajstić information content (AvgIpc) is 3.07. The predicted octanol–water partition coefficient (Wildman–Crippen LogP) is 2.20. The summed E-state index contributed by atoms with van der Waals surface area (Å²) in [4.78, 5) is 38.1. The molecule has 28 heavy (non-hydrogen) atoms. The maximum absolute atomic E-state index is 13.0. The third-order valence-electron chi connectivity index (χ3n) is 5.07. The van der Waals surface area contributed by atoms with Crippen molar-refractivity contribution in [3.63, 3.8) is 0 Å². The Kier molecular flexibility index (Phi) is 3.96. The molecular formula is C21H20N4O3. The Labute approximate surface area is 160 Å². The fraction of sp³-hybridized carbons (Fsp3) is 0.190. The second kappa shape index (κ2) is 6.23. The topological polar surface area (TPSA) is 81.8 Å². The molecule has 1 N–H and O–H groups in total. The number of aryl methyl sites for hydroxylation is 4. The van der Waals surface area contributed by atoms with Gasteiger partial charge >= 0.3 is 5.69 Å². The highest BCUT2D eigenvalue weighted by Crippen LogP contribution is 2.21. The summed E-state index contributed by atoms with van der Waals surface area (Å²) in [6, 6.07) is 12.7. The molecule has 2 heterocycles. The van der Waals surface area contributed by atoms with Gasteiger partial charge in [0.05, 0.1) is 16.7 Å². The van der Waals surface area contributed by atoms with E-state index in [4.69, 9.17) is 0 Å². The zero-order chi connectivity index (χ0) is 20.2. The highest BCUT2D eigenvalue weighted by molar-refractivity contribution is 6.10. The first-order chi connectivity index (χ1) is 13.3. The number of H-pyrrole nitrogens is 1. The van der Waals surface area contributed by atoms with E-state index in [1.807, 2.05) is 31.2 Å². The van der Waals surface area contributed by atoms with Crippen LogP contribution in [0.5, 0.6) is 0 Å². The minimum Gasteiger partial charge on any atom is -0.299 e. The van der Waals surface area contributed by atoms with Gasteiger partial charge in [0.1, 0.15) is 5.56 Å². The van der Waals surface area contributed by atoms with Crippen molar-refractivity contribution < 1.29 is 4.79 Å². The van der Waals surface area contributed by atoms with E-state index in [9.17, 15) is 14.4 Å². The fourth-order valence-electron chi connectivity index (χ4n) is 3.52. The molecule has 0 atom stereocenters. The molecule has 0 bridgehead atoms. The first kappa shape index (κ1) is 17.8. The Morgan fingerprint density at radius 1 is 0.929 bits per heavy atom. The number of hydrogen-bond donors (Lipinski definition) is 1. The van der Waals surface area contributed by atoms with Crippen molar-refractivity contribution >= 4 is 16.8 Å². The molecule has 0 spiro atoms. The molecule has 0 radical (unpaired) electrons. The second-order valence-electron chi connectivity index (χ2n) is 7.02. The van der Waals surface area contributed by atoms with Gasteiger partial charge < -0.3 is 0 Å². The molecule has 0 aliphatic heterocycles. The number of hydrogen-bond acceptors (Lipinski definition) is 3. The van der Waals surface area contributed by atoms with Crippen molar-refractivity contribution in [1.29, 1.82) is 0 Å². The zero-order valence-electron chi connectivity index (χ0n) is 16.1.